The van der Waals surface area contributed by atoms with E-state index in [2.05, 4.69) is 5.32 Å². The summed E-state index contributed by atoms with van der Waals surface area (Å²) >= 11 is 0. The summed E-state index contributed by atoms with van der Waals surface area (Å²) in [6.07, 6.45) is 3.07. The molecule has 21 heavy (non-hydrogen) atoms. The molecule has 1 unspecified atom stereocenters. The number of carbonyl (C=O) groups is 2. The SMILES string of the molecule is O=C1CCCc2occ(C(=O)N3CCC(F)(CO)C3)c2N1. The van der Waals surface area contributed by atoms with Gasteiger partial charge in [-0.15, -0.1) is 0 Å². The summed E-state index contributed by atoms with van der Waals surface area (Å²) in [5, 5.41) is 11.7. The van der Waals surface area contributed by atoms with Crippen LogP contribution in [0.1, 0.15) is 35.4 Å². The first-order valence-electron chi connectivity index (χ1n) is 7.02. The Morgan fingerprint density at radius 3 is 3.05 bits per heavy atom. The van der Waals surface area contributed by atoms with Crippen LogP contribution in [0.15, 0.2) is 10.7 Å². The van der Waals surface area contributed by atoms with Crippen LogP contribution in [0.4, 0.5) is 10.1 Å². The molecule has 2 aliphatic heterocycles. The highest BCUT2D eigenvalue weighted by Gasteiger charge is 2.41. The topological polar surface area (TPSA) is 82.8 Å². The van der Waals surface area contributed by atoms with Crippen LogP contribution in [-0.2, 0) is 11.2 Å². The van der Waals surface area contributed by atoms with Gasteiger partial charge in [-0.3, -0.25) is 9.59 Å². The molecule has 0 bridgehead atoms. The molecule has 0 aliphatic carbocycles. The molecular formula is C14H17FN2O4. The van der Waals surface area contributed by atoms with E-state index in [1.54, 1.807) is 0 Å². The molecular weight excluding hydrogens is 279 g/mol. The molecule has 2 N–H and O–H groups in total. The molecule has 2 aliphatic rings. The molecule has 3 rings (SSSR count). The minimum Gasteiger partial charge on any atom is -0.466 e. The summed E-state index contributed by atoms with van der Waals surface area (Å²) in [5.74, 6) is 0.0491. The fraction of sp³-hybridized carbons (Fsp3) is 0.571. The Bertz CT molecular complexity index is 586. The van der Waals surface area contributed by atoms with Gasteiger partial charge in [0.25, 0.3) is 5.91 Å². The van der Waals surface area contributed by atoms with Crippen LogP contribution in [0.3, 0.4) is 0 Å². The monoisotopic (exact) mass is 296 g/mol. The summed E-state index contributed by atoms with van der Waals surface area (Å²) in [5.41, 5.74) is -1.08. The standard InChI is InChI=1S/C14H17FN2O4/c15-14(8-18)4-5-17(7-14)13(20)9-6-21-10-2-1-3-11(19)16-12(9)10/h6,18H,1-5,7-8H2,(H,16,19). The number of hydrogen-bond acceptors (Lipinski definition) is 4. The lowest BCUT2D eigenvalue weighted by Crippen LogP contribution is -2.35. The first-order chi connectivity index (χ1) is 10.0. The van der Waals surface area contributed by atoms with Gasteiger partial charge in [0.1, 0.15) is 17.6 Å². The Kier molecular flexibility index (Phi) is 3.44. The van der Waals surface area contributed by atoms with E-state index in [9.17, 15) is 14.0 Å². The van der Waals surface area contributed by atoms with Crippen molar-refractivity contribution in [3.63, 3.8) is 0 Å². The molecule has 6 nitrogen and oxygen atoms in total. The van der Waals surface area contributed by atoms with E-state index in [-0.39, 0.29) is 36.9 Å². The number of aliphatic hydroxyl groups excluding tert-OH is 1. The van der Waals surface area contributed by atoms with Gasteiger partial charge in [-0.25, -0.2) is 4.39 Å². The number of likely N-dealkylation sites (tertiary alicyclic amines) is 1. The molecule has 1 aromatic rings. The number of nitrogens with zero attached hydrogens (tertiary/aromatic N) is 1. The van der Waals surface area contributed by atoms with Crippen molar-refractivity contribution >= 4 is 17.5 Å². The molecule has 3 heterocycles. The Morgan fingerprint density at radius 1 is 1.52 bits per heavy atom. The van der Waals surface area contributed by atoms with Crippen LogP contribution in [0.2, 0.25) is 0 Å². The molecule has 0 aromatic carbocycles. The minimum atomic E-state index is -1.74. The molecule has 0 radical (unpaired) electrons. The van der Waals surface area contributed by atoms with Gasteiger partial charge >= 0.3 is 0 Å². The predicted molar refractivity (Wildman–Crippen MR) is 71.7 cm³/mol. The third-order valence-corrected chi connectivity index (χ3v) is 4.04. The van der Waals surface area contributed by atoms with Crippen LogP contribution >= 0.6 is 0 Å². The predicted octanol–water partition coefficient (Wildman–Crippen LogP) is 1.10. The van der Waals surface area contributed by atoms with Gasteiger partial charge in [0, 0.05) is 25.8 Å². The zero-order chi connectivity index (χ0) is 15.0. The molecule has 1 aromatic heterocycles. The van der Waals surface area contributed by atoms with Crippen LogP contribution in [0, 0.1) is 0 Å². The lowest BCUT2D eigenvalue weighted by atomic mass is 10.1. The molecule has 0 spiro atoms. The molecule has 114 valence electrons. The average Bonchev–Trinajstić information content (AvgIpc) is 2.99. The largest absolute Gasteiger partial charge is 0.466 e. The van der Waals surface area contributed by atoms with E-state index in [1.165, 1.54) is 11.2 Å². The van der Waals surface area contributed by atoms with Gasteiger partial charge in [-0.05, 0) is 6.42 Å². The molecule has 7 heteroatoms. The lowest BCUT2D eigenvalue weighted by Gasteiger charge is -2.18. The van der Waals surface area contributed by atoms with E-state index in [0.717, 1.165) is 0 Å². The van der Waals surface area contributed by atoms with Crippen molar-refractivity contribution in [2.24, 2.45) is 0 Å². The molecule has 1 fully saturated rings. The number of hydrogen-bond donors (Lipinski definition) is 2. The Morgan fingerprint density at radius 2 is 2.33 bits per heavy atom. The molecule has 1 saturated heterocycles. The second kappa shape index (κ2) is 5.14. The molecule has 2 amide bonds. The average molecular weight is 296 g/mol. The van der Waals surface area contributed by atoms with Crippen molar-refractivity contribution in [3.8, 4) is 0 Å². The van der Waals surface area contributed by atoms with E-state index in [4.69, 9.17) is 9.52 Å². The lowest BCUT2D eigenvalue weighted by molar-refractivity contribution is -0.116. The van der Waals surface area contributed by atoms with E-state index in [1.807, 2.05) is 0 Å². The first-order valence-corrected chi connectivity index (χ1v) is 7.02. The summed E-state index contributed by atoms with van der Waals surface area (Å²) in [7, 11) is 0. The Labute approximate surface area is 120 Å². The first kappa shape index (κ1) is 14.1. The highest BCUT2D eigenvalue weighted by atomic mass is 19.1. The van der Waals surface area contributed by atoms with Gasteiger partial charge < -0.3 is 19.7 Å². The fourth-order valence-electron chi connectivity index (χ4n) is 2.80. The Balaban J connectivity index is 1.83. The maximum Gasteiger partial charge on any atom is 0.259 e. The number of carbonyl (C=O) groups excluding carboxylic acids is 2. The number of rotatable bonds is 2. The highest BCUT2D eigenvalue weighted by Crippen LogP contribution is 2.32. The minimum absolute atomic E-state index is 0.113. The third kappa shape index (κ3) is 2.53. The smallest absolute Gasteiger partial charge is 0.259 e. The highest BCUT2D eigenvalue weighted by molar-refractivity contribution is 6.04. The van der Waals surface area contributed by atoms with Crippen LogP contribution in [0.5, 0.6) is 0 Å². The van der Waals surface area contributed by atoms with Crippen molar-refractivity contribution in [3.05, 3.63) is 17.6 Å². The number of nitrogens with one attached hydrogen (secondary N) is 1. The molecule has 0 saturated carbocycles. The number of fused-ring (bicyclic) bond motifs is 1. The van der Waals surface area contributed by atoms with Gasteiger partial charge in [0.05, 0.1) is 18.8 Å². The second-order valence-electron chi connectivity index (χ2n) is 5.63. The summed E-state index contributed by atoms with van der Waals surface area (Å²) in [4.78, 5) is 25.4. The zero-order valence-electron chi connectivity index (χ0n) is 11.5. The number of alkyl halides is 1. The maximum absolute atomic E-state index is 14.0. The van der Waals surface area contributed by atoms with Crippen LogP contribution in [-0.4, -0.2) is 47.2 Å². The number of furan rings is 1. The van der Waals surface area contributed by atoms with Gasteiger partial charge in [-0.2, -0.15) is 0 Å². The van der Waals surface area contributed by atoms with Crippen molar-refractivity contribution in [2.45, 2.75) is 31.4 Å². The number of anilines is 1. The summed E-state index contributed by atoms with van der Waals surface area (Å²) < 4.78 is 19.4. The van der Waals surface area contributed by atoms with Gasteiger partial charge in [0.2, 0.25) is 5.91 Å². The van der Waals surface area contributed by atoms with Crippen LogP contribution < -0.4 is 5.32 Å². The third-order valence-electron chi connectivity index (χ3n) is 4.04. The van der Waals surface area contributed by atoms with E-state index in [0.29, 0.717) is 30.7 Å². The van der Waals surface area contributed by atoms with Crippen molar-refractivity contribution in [1.29, 1.82) is 0 Å². The quantitative estimate of drug-likeness (QED) is 0.856. The number of aliphatic hydroxyl groups is 1. The number of aryl methyl sites for hydroxylation is 1. The van der Waals surface area contributed by atoms with Crippen molar-refractivity contribution < 1.29 is 23.5 Å². The maximum atomic E-state index is 14.0. The van der Waals surface area contributed by atoms with Crippen LogP contribution in [0.25, 0.3) is 0 Å². The molecule has 1 atom stereocenters. The van der Waals surface area contributed by atoms with E-state index >= 15 is 0 Å². The zero-order valence-corrected chi connectivity index (χ0v) is 11.5. The van der Waals surface area contributed by atoms with Gasteiger partial charge in [-0.1, -0.05) is 0 Å². The van der Waals surface area contributed by atoms with E-state index < -0.39 is 12.3 Å². The summed E-state index contributed by atoms with van der Waals surface area (Å²) in [6.45, 7) is -0.503. The van der Waals surface area contributed by atoms with Crippen molar-refractivity contribution in [2.75, 3.05) is 25.0 Å². The summed E-state index contributed by atoms with van der Waals surface area (Å²) in [6, 6.07) is 0. The normalized spacial score (nSPS) is 25.4. The van der Waals surface area contributed by atoms with Crippen molar-refractivity contribution in [1.82, 2.24) is 4.90 Å². The fourth-order valence-corrected chi connectivity index (χ4v) is 2.80. The van der Waals surface area contributed by atoms with Gasteiger partial charge in [0.15, 0.2) is 5.67 Å². The Hall–Kier alpha value is -1.89. The second-order valence-corrected chi connectivity index (χ2v) is 5.63. The number of amides is 2. The number of halogens is 1.